The van der Waals surface area contributed by atoms with Crippen LogP contribution in [0, 0.1) is 0 Å². The number of thioether (sulfide) groups is 1. The number of nitrogens with zero attached hydrogens (tertiary/aromatic N) is 1. The number of carbonyl (C=O) groups excluding carboxylic acids is 2. The van der Waals surface area contributed by atoms with Gasteiger partial charge in [0, 0.05) is 12.6 Å². The Morgan fingerprint density at radius 3 is 2.35 bits per heavy atom. The first kappa shape index (κ1) is 18.6. The summed E-state index contributed by atoms with van der Waals surface area (Å²) in [5.74, 6) is -0.567. The third-order valence-corrected chi connectivity index (χ3v) is 3.34. The summed E-state index contributed by atoms with van der Waals surface area (Å²) in [7, 11) is 0. The van der Waals surface area contributed by atoms with Crippen LogP contribution in [0.15, 0.2) is 0 Å². The molecule has 0 aromatic rings. The van der Waals surface area contributed by atoms with Crippen LogP contribution in [0.3, 0.4) is 0 Å². The normalized spacial score (nSPS) is 12.0. The molecular formula is C12H23N3O4S. The summed E-state index contributed by atoms with van der Waals surface area (Å²) in [5.41, 5.74) is 5.08. The molecule has 0 bridgehead atoms. The fraction of sp³-hybridized carbons (Fsp3) is 0.750. The van der Waals surface area contributed by atoms with E-state index in [2.05, 4.69) is 5.32 Å². The van der Waals surface area contributed by atoms with E-state index in [1.165, 1.54) is 4.90 Å². The lowest BCUT2D eigenvalue weighted by atomic mass is 10.1. The number of nitrogens with one attached hydrogen (secondary N) is 1. The highest BCUT2D eigenvalue weighted by Gasteiger charge is 2.27. The van der Waals surface area contributed by atoms with E-state index < -0.39 is 18.0 Å². The summed E-state index contributed by atoms with van der Waals surface area (Å²) in [6.45, 7) is 3.72. The monoisotopic (exact) mass is 305 g/mol. The Balaban J connectivity index is 4.83. The van der Waals surface area contributed by atoms with E-state index in [4.69, 9.17) is 10.8 Å². The molecule has 0 aliphatic heterocycles. The minimum absolute atomic E-state index is 0.113. The molecule has 0 saturated heterocycles. The molecule has 3 amide bonds. The number of primary amides is 1. The molecule has 4 N–H and O–H groups in total. The first-order valence-electron chi connectivity index (χ1n) is 6.36. The van der Waals surface area contributed by atoms with Crippen LogP contribution in [0.4, 0.5) is 4.79 Å². The van der Waals surface area contributed by atoms with E-state index in [9.17, 15) is 14.4 Å². The lowest BCUT2D eigenvalue weighted by Gasteiger charge is -2.30. The van der Waals surface area contributed by atoms with Gasteiger partial charge in [-0.2, -0.15) is 11.8 Å². The Morgan fingerprint density at radius 2 is 1.95 bits per heavy atom. The van der Waals surface area contributed by atoms with Crippen LogP contribution in [-0.4, -0.2) is 58.6 Å². The molecule has 1 atom stereocenters. The number of nitrogens with two attached hydrogens (primary N) is 1. The van der Waals surface area contributed by atoms with E-state index in [1.807, 2.05) is 6.26 Å². The Kier molecular flexibility index (Phi) is 8.78. The zero-order valence-corrected chi connectivity index (χ0v) is 12.9. The van der Waals surface area contributed by atoms with E-state index >= 15 is 0 Å². The third kappa shape index (κ3) is 7.22. The Morgan fingerprint density at radius 1 is 1.35 bits per heavy atom. The molecule has 0 aromatic heterocycles. The van der Waals surface area contributed by atoms with Crippen LogP contribution in [0.25, 0.3) is 0 Å². The van der Waals surface area contributed by atoms with Gasteiger partial charge in [0.1, 0.15) is 6.04 Å². The van der Waals surface area contributed by atoms with Crippen molar-refractivity contribution in [2.24, 2.45) is 5.73 Å². The summed E-state index contributed by atoms with van der Waals surface area (Å²) in [5, 5.41) is 11.1. The zero-order valence-electron chi connectivity index (χ0n) is 12.1. The van der Waals surface area contributed by atoms with Gasteiger partial charge in [-0.1, -0.05) is 0 Å². The molecule has 0 spiro atoms. The van der Waals surface area contributed by atoms with Crippen LogP contribution in [0.2, 0.25) is 0 Å². The molecule has 8 heteroatoms. The number of carboxylic acids is 1. The van der Waals surface area contributed by atoms with Crippen LogP contribution < -0.4 is 11.1 Å². The van der Waals surface area contributed by atoms with Crippen molar-refractivity contribution in [1.29, 1.82) is 0 Å². The molecule has 0 saturated carbocycles. The van der Waals surface area contributed by atoms with Crippen molar-refractivity contribution in [2.75, 3.05) is 18.6 Å². The SMILES string of the molecule is CSCCC(NC(N)=O)C(=O)N(CCC(=O)O)C(C)C. The van der Waals surface area contributed by atoms with Crippen molar-refractivity contribution in [2.45, 2.75) is 38.8 Å². The molecule has 20 heavy (non-hydrogen) atoms. The molecular weight excluding hydrogens is 282 g/mol. The maximum atomic E-state index is 12.4. The smallest absolute Gasteiger partial charge is 0.312 e. The average molecular weight is 305 g/mol. The van der Waals surface area contributed by atoms with E-state index in [0.29, 0.717) is 12.2 Å². The molecule has 0 fully saturated rings. The number of amides is 3. The van der Waals surface area contributed by atoms with Crippen molar-refractivity contribution in [1.82, 2.24) is 10.2 Å². The van der Waals surface area contributed by atoms with Gasteiger partial charge in [0.25, 0.3) is 0 Å². The number of aliphatic carboxylic acids is 1. The van der Waals surface area contributed by atoms with Gasteiger partial charge in [0.2, 0.25) is 5.91 Å². The van der Waals surface area contributed by atoms with Gasteiger partial charge in [0.15, 0.2) is 0 Å². The van der Waals surface area contributed by atoms with Crippen LogP contribution in [0.1, 0.15) is 26.7 Å². The second-order valence-electron chi connectivity index (χ2n) is 4.61. The zero-order chi connectivity index (χ0) is 15.7. The number of carboxylic acid groups (broad SMARTS) is 1. The maximum Gasteiger partial charge on any atom is 0.312 e. The summed E-state index contributed by atoms with van der Waals surface area (Å²) in [6, 6.07) is -1.61. The van der Waals surface area contributed by atoms with Crippen LogP contribution in [0.5, 0.6) is 0 Å². The van der Waals surface area contributed by atoms with Crippen molar-refractivity contribution in [3.63, 3.8) is 0 Å². The minimum Gasteiger partial charge on any atom is -0.481 e. The Hall–Kier alpha value is -1.44. The standard InChI is InChI=1S/C12H23N3O4S/c1-8(2)15(6-4-10(16)17)11(18)9(5-7-20-3)14-12(13)19/h8-9H,4-7H2,1-3H3,(H,16,17)(H3,13,14,19). The quantitative estimate of drug-likeness (QED) is 0.574. The fourth-order valence-electron chi connectivity index (χ4n) is 1.70. The third-order valence-electron chi connectivity index (χ3n) is 2.70. The topological polar surface area (TPSA) is 113 Å². The second-order valence-corrected chi connectivity index (χ2v) is 5.60. The van der Waals surface area contributed by atoms with Crippen molar-refractivity contribution >= 4 is 29.7 Å². The van der Waals surface area contributed by atoms with Crippen molar-refractivity contribution in [3.8, 4) is 0 Å². The summed E-state index contributed by atoms with van der Waals surface area (Å²) in [6.07, 6.45) is 2.23. The minimum atomic E-state index is -0.966. The average Bonchev–Trinajstić information content (AvgIpc) is 2.33. The Bertz CT molecular complexity index is 350. The van der Waals surface area contributed by atoms with Gasteiger partial charge in [0.05, 0.1) is 6.42 Å². The molecule has 116 valence electrons. The van der Waals surface area contributed by atoms with Crippen LogP contribution in [-0.2, 0) is 9.59 Å². The van der Waals surface area contributed by atoms with Gasteiger partial charge >= 0.3 is 12.0 Å². The first-order valence-corrected chi connectivity index (χ1v) is 7.76. The summed E-state index contributed by atoms with van der Waals surface area (Å²) in [4.78, 5) is 35.5. The number of rotatable bonds is 9. The van der Waals surface area contributed by atoms with E-state index in [-0.39, 0.29) is 24.9 Å². The highest BCUT2D eigenvalue weighted by Crippen LogP contribution is 2.09. The summed E-state index contributed by atoms with van der Waals surface area (Å²) >= 11 is 1.56. The molecule has 0 rings (SSSR count). The van der Waals surface area contributed by atoms with Gasteiger partial charge in [-0.25, -0.2) is 4.79 Å². The van der Waals surface area contributed by atoms with Gasteiger partial charge < -0.3 is 21.1 Å². The molecule has 1 unspecified atom stereocenters. The molecule has 0 radical (unpaired) electrons. The lowest BCUT2D eigenvalue weighted by molar-refractivity contribution is -0.139. The predicted octanol–water partition coefficient (Wildman–Crippen LogP) is 0.488. The largest absolute Gasteiger partial charge is 0.481 e. The molecule has 0 aliphatic rings. The number of hydrogen-bond donors (Lipinski definition) is 3. The predicted molar refractivity (Wildman–Crippen MR) is 78.6 cm³/mol. The number of carbonyl (C=O) groups is 3. The second kappa shape index (κ2) is 9.46. The van der Waals surface area contributed by atoms with Crippen molar-refractivity contribution in [3.05, 3.63) is 0 Å². The molecule has 0 heterocycles. The lowest BCUT2D eigenvalue weighted by Crippen LogP contribution is -2.52. The first-order chi connectivity index (χ1) is 9.29. The molecule has 0 aromatic carbocycles. The number of urea groups is 1. The van der Waals surface area contributed by atoms with Crippen LogP contribution >= 0.6 is 11.8 Å². The molecule has 7 nitrogen and oxygen atoms in total. The van der Waals surface area contributed by atoms with Gasteiger partial charge in [-0.05, 0) is 32.3 Å². The highest BCUT2D eigenvalue weighted by atomic mass is 32.2. The maximum absolute atomic E-state index is 12.4. The molecule has 0 aliphatic carbocycles. The Labute approximate surface area is 123 Å². The summed E-state index contributed by atoms with van der Waals surface area (Å²) < 4.78 is 0. The van der Waals surface area contributed by atoms with Crippen molar-refractivity contribution < 1.29 is 19.5 Å². The highest BCUT2D eigenvalue weighted by molar-refractivity contribution is 7.98. The fourth-order valence-corrected chi connectivity index (χ4v) is 2.18. The van der Waals surface area contributed by atoms with E-state index in [1.54, 1.807) is 25.6 Å². The van der Waals surface area contributed by atoms with Gasteiger partial charge in [-0.15, -0.1) is 0 Å². The van der Waals surface area contributed by atoms with Gasteiger partial charge in [-0.3, -0.25) is 9.59 Å². The van der Waals surface area contributed by atoms with E-state index in [0.717, 1.165) is 0 Å². The number of hydrogen-bond acceptors (Lipinski definition) is 4.